The van der Waals surface area contributed by atoms with Gasteiger partial charge in [0, 0.05) is 0 Å². The van der Waals surface area contributed by atoms with E-state index in [4.69, 9.17) is 5.11 Å². The van der Waals surface area contributed by atoms with E-state index in [9.17, 15) is 4.79 Å². The largest absolute Gasteiger partial charge is 0.477 e. The van der Waals surface area contributed by atoms with Crippen molar-refractivity contribution < 1.29 is 9.90 Å². The average molecular weight is 143 g/mol. The van der Waals surface area contributed by atoms with Crippen molar-refractivity contribution in [2.45, 2.75) is 32.7 Å². The van der Waals surface area contributed by atoms with Crippen molar-refractivity contribution in [1.29, 1.82) is 0 Å². The molecule has 0 saturated heterocycles. The van der Waals surface area contributed by atoms with Crippen molar-refractivity contribution in [3.63, 3.8) is 0 Å². The van der Waals surface area contributed by atoms with Gasteiger partial charge in [-0.2, -0.15) is 0 Å². The summed E-state index contributed by atoms with van der Waals surface area (Å²) in [6.45, 7) is 5.76. The van der Waals surface area contributed by atoms with Crippen LogP contribution < -0.4 is 0 Å². The van der Waals surface area contributed by atoms with Crippen LogP contribution in [-0.2, 0) is 4.79 Å². The lowest BCUT2D eigenvalue weighted by Gasteiger charge is -2.14. The minimum atomic E-state index is -0.985. The van der Waals surface area contributed by atoms with Crippen molar-refractivity contribution in [3.8, 4) is 0 Å². The van der Waals surface area contributed by atoms with Gasteiger partial charge in [0.1, 0.15) is 6.21 Å². The highest BCUT2D eigenvalue weighted by atomic mass is 16.4. The number of rotatable bonds is 3. The van der Waals surface area contributed by atoms with Gasteiger partial charge in [-0.25, -0.2) is 4.79 Å². The lowest BCUT2D eigenvalue weighted by atomic mass is 10.0. The quantitative estimate of drug-likeness (QED) is 0.606. The standard InChI is InChI=1S/C7H13NO2/c1-4-7(2,3)8-5-6(9)10/h5H,4H2,1-3H3,(H,9,10). The maximum Gasteiger partial charge on any atom is 0.346 e. The molecular formula is C7H13NO2. The predicted molar refractivity (Wildman–Crippen MR) is 40.5 cm³/mol. The van der Waals surface area contributed by atoms with E-state index in [1.807, 2.05) is 20.8 Å². The Kier molecular flexibility index (Phi) is 3.06. The summed E-state index contributed by atoms with van der Waals surface area (Å²) in [4.78, 5) is 13.9. The second-order valence-electron chi connectivity index (χ2n) is 2.76. The molecule has 0 unspecified atom stereocenters. The number of carboxylic acids is 1. The molecule has 1 N–H and O–H groups in total. The molecule has 0 aliphatic heterocycles. The van der Waals surface area contributed by atoms with E-state index in [2.05, 4.69) is 4.99 Å². The van der Waals surface area contributed by atoms with E-state index in [0.29, 0.717) is 0 Å². The van der Waals surface area contributed by atoms with Gasteiger partial charge in [-0.05, 0) is 20.3 Å². The maximum absolute atomic E-state index is 10.0. The molecule has 0 rings (SSSR count). The number of hydrogen-bond acceptors (Lipinski definition) is 2. The maximum atomic E-state index is 10.0. The van der Waals surface area contributed by atoms with Gasteiger partial charge in [-0.15, -0.1) is 0 Å². The van der Waals surface area contributed by atoms with Crippen LogP contribution in [0, 0.1) is 0 Å². The molecule has 0 aromatic rings. The van der Waals surface area contributed by atoms with Gasteiger partial charge in [0.05, 0.1) is 5.54 Å². The molecule has 0 aliphatic rings. The number of carboxylic acid groups (broad SMARTS) is 1. The van der Waals surface area contributed by atoms with Crippen molar-refractivity contribution in [2.24, 2.45) is 4.99 Å². The Labute approximate surface area is 60.8 Å². The van der Waals surface area contributed by atoms with Crippen LogP contribution in [0.25, 0.3) is 0 Å². The van der Waals surface area contributed by atoms with Gasteiger partial charge in [-0.1, -0.05) is 6.92 Å². The Morgan fingerprint density at radius 1 is 1.70 bits per heavy atom. The number of hydrogen-bond donors (Lipinski definition) is 1. The zero-order valence-corrected chi connectivity index (χ0v) is 6.59. The number of carbonyl (C=O) groups is 1. The summed E-state index contributed by atoms with van der Waals surface area (Å²) in [6.07, 6.45) is 1.79. The monoisotopic (exact) mass is 143 g/mol. The first-order valence-electron chi connectivity index (χ1n) is 3.26. The molecule has 0 aliphatic carbocycles. The fourth-order valence-electron chi connectivity index (χ4n) is 0.321. The van der Waals surface area contributed by atoms with Gasteiger partial charge in [0.15, 0.2) is 0 Å². The number of aliphatic imine (C=N–C) groups is 1. The van der Waals surface area contributed by atoms with E-state index >= 15 is 0 Å². The van der Waals surface area contributed by atoms with Crippen LogP contribution in [-0.4, -0.2) is 22.8 Å². The summed E-state index contributed by atoms with van der Waals surface area (Å²) in [5.41, 5.74) is -0.238. The van der Waals surface area contributed by atoms with Gasteiger partial charge in [-0.3, -0.25) is 4.99 Å². The van der Waals surface area contributed by atoms with E-state index < -0.39 is 5.97 Å². The van der Waals surface area contributed by atoms with Crippen LogP contribution >= 0.6 is 0 Å². The van der Waals surface area contributed by atoms with E-state index in [0.717, 1.165) is 12.6 Å². The van der Waals surface area contributed by atoms with Gasteiger partial charge < -0.3 is 5.11 Å². The molecule has 0 aromatic heterocycles. The molecule has 0 bridgehead atoms. The Morgan fingerprint density at radius 3 is 2.50 bits per heavy atom. The van der Waals surface area contributed by atoms with Crippen LogP contribution in [0.2, 0.25) is 0 Å². The third-order valence-electron chi connectivity index (χ3n) is 1.39. The topological polar surface area (TPSA) is 49.7 Å². The Balaban J connectivity index is 3.99. The first-order valence-corrected chi connectivity index (χ1v) is 3.26. The van der Waals surface area contributed by atoms with Gasteiger partial charge in [0.25, 0.3) is 0 Å². The summed E-state index contributed by atoms with van der Waals surface area (Å²) < 4.78 is 0. The summed E-state index contributed by atoms with van der Waals surface area (Å²) in [5.74, 6) is -0.985. The molecule has 10 heavy (non-hydrogen) atoms. The van der Waals surface area contributed by atoms with Crippen LogP contribution in [0.4, 0.5) is 0 Å². The smallest absolute Gasteiger partial charge is 0.346 e. The van der Waals surface area contributed by atoms with Crippen molar-refractivity contribution in [1.82, 2.24) is 0 Å². The minimum Gasteiger partial charge on any atom is -0.477 e. The van der Waals surface area contributed by atoms with E-state index in [1.165, 1.54) is 0 Å². The zero-order valence-electron chi connectivity index (χ0n) is 6.59. The SMILES string of the molecule is CCC(C)(C)N=CC(=O)O. The second-order valence-corrected chi connectivity index (χ2v) is 2.76. The predicted octanol–water partition coefficient (Wildman–Crippen LogP) is 1.33. The average Bonchev–Trinajstić information content (AvgIpc) is 1.85. The van der Waals surface area contributed by atoms with Gasteiger partial charge in [0.2, 0.25) is 0 Å². The molecule has 58 valence electrons. The van der Waals surface area contributed by atoms with E-state index in [1.54, 1.807) is 0 Å². The fraction of sp³-hybridized carbons (Fsp3) is 0.714. The first-order chi connectivity index (χ1) is 4.48. The molecule has 0 aromatic carbocycles. The highest BCUT2D eigenvalue weighted by Gasteiger charge is 2.11. The Morgan fingerprint density at radius 2 is 2.20 bits per heavy atom. The molecule has 0 radical (unpaired) electrons. The molecule has 0 fully saturated rings. The summed E-state index contributed by atoms with van der Waals surface area (Å²) >= 11 is 0. The van der Waals surface area contributed by atoms with Crippen LogP contribution in [0.15, 0.2) is 4.99 Å². The lowest BCUT2D eigenvalue weighted by molar-refractivity contribution is -0.128. The van der Waals surface area contributed by atoms with Crippen LogP contribution in [0.3, 0.4) is 0 Å². The van der Waals surface area contributed by atoms with E-state index in [-0.39, 0.29) is 5.54 Å². The van der Waals surface area contributed by atoms with Gasteiger partial charge >= 0.3 is 5.97 Å². The number of nitrogens with zero attached hydrogens (tertiary/aromatic N) is 1. The number of aliphatic carboxylic acids is 1. The normalized spacial score (nSPS) is 12.3. The Hall–Kier alpha value is -0.860. The first kappa shape index (κ1) is 9.14. The molecule has 0 spiro atoms. The highest BCUT2D eigenvalue weighted by molar-refractivity contribution is 6.22. The van der Waals surface area contributed by atoms with Crippen molar-refractivity contribution in [2.75, 3.05) is 0 Å². The Bertz CT molecular complexity index is 150. The molecule has 3 heteroatoms. The van der Waals surface area contributed by atoms with Crippen LogP contribution in [0.1, 0.15) is 27.2 Å². The lowest BCUT2D eigenvalue weighted by Crippen LogP contribution is -2.16. The third-order valence-corrected chi connectivity index (χ3v) is 1.39. The third kappa shape index (κ3) is 4.06. The molecule has 0 atom stereocenters. The molecule has 0 heterocycles. The summed E-state index contributed by atoms with van der Waals surface area (Å²) in [7, 11) is 0. The minimum absolute atomic E-state index is 0.238. The molecular weight excluding hydrogens is 130 g/mol. The second kappa shape index (κ2) is 3.34. The van der Waals surface area contributed by atoms with Crippen molar-refractivity contribution >= 4 is 12.2 Å². The van der Waals surface area contributed by atoms with Crippen molar-refractivity contribution in [3.05, 3.63) is 0 Å². The molecule has 0 amide bonds. The zero-order chi connectivity index (χ0) is 8.20. The highest BCUT2D eigenvalue weighted by Crippen LogP contribution is 2.11. The molecule has 3 nitrogen and oxygen atoms in total. The summed E-state index contributed by atoms with van der Waals surface area (Å²) in [6, 6.07) is 0. The molecule has 0 saturated carbocycles. The van der Waals surface area contributed by atoms with Crippen LogP contribution in [0.5, 0.6) is 0 Å². The fourth-order valence-corrected chi connectivity index (χ4v) is 0.321. The summed E-state index contributed by atoms with van der Waals surface area (Å²) in [5, 5.41) is 8.22.